The van der Waals surface area contributed by atoms with Crippen molar-refractivity contribution in [2.45, 2.75) is 6.54 Å². The van der Waals surface area contributed by atoms with Gasteiger partial charge in [-0.2, -0.15) is 9.90 Å². The first-order chi connectivity index (χ1) is 7.65. The van der Waals surface area contributed by atoms with Gasteiger partial charge in [-0.25, -0.2) is 4.79 Å². The van der Waals surface area contributed by atoms with Crippen molar-refractivity contribution in [3.05, 3.63) is 46.7 Å². The van der Waals surface area contributed by atoms with Crippen molar-refractivity contribution in [2.75, 3.05) is 0 Å². The van der Waals surface area contributed by atoms with Crippen molar-refractivity contribution in [2.24, 2.45) is 0 Å². The topological polar surface area (TPSA) is 68.0 Å². The fraction of sp³-hybridized carbons (Fsp3) is 0.100. The molecule has 2 rings (SSSR count). The van der Waals surface area contributed by atoms with E-state index in [9.17, 15) is 4.79 Å². The molecule has 16 heavy (non-hydrogen) atoms. The summed E-state index contributed by atoms with van der Waals surface area (Å²) in [6.07, 6.45) is 1.22. The van der Waals surface area contributed by atoms with Crippen LogP contribution in [0.25, 0.3) is 0 Å². The Morgan fingerprint density at radius 2 is 2.06 bits per heavy atom. The molecule has 0 amide bonds. The van der Waals surface area contributed by atoms with E-state index in [-0.39, 0.29) is 5.69 Å². The second kappa shape index (κ2) is 4.32. The molecular formula is C10H8ClN3O2. The third-order valence-electron chi connectivity index (χ3n) is 1.99. The molecule has 0 saturated heterocycles. The predicted octanol–water partition coefficient (Wildman–Crippen LogP) is 1.68. The normalized spacial score (nSPS) is 10.3. The van der Waals surface area contributed by atoms with Gasteiger partial charge in [-0.15, -0.1) is 5.10 Å². The first-order valence-electron chi connectivity index (χ1n) is 4.53. The number of halogens is 1. The van der Waals surface area contributed by atoms with Crippen LogP contribution in [0, 0.1) is 0 Å². The molecular weight excluding hydrogens is 230 g/mol. The summed E-state index contributed by atoms with van der Waals surface area (Å²) < 4.78 is 0. The minimum atomic E-state index is -1.08. The summed E-state index contributed by atoms with van der Waals surface area (Å²) in [5.41, 5.74) is 0.894. The van der Waals surface area contributed by atoms with Gasteiger partial charge in [-0.1, -0.05) is 23.7 Å². The lowest BCUT2D eigenvalue weighted by Crippen LogP contribution is -2.05. The van der Waals surface area contributed by atoms with Crippen LogP contribution < -0.4 is 0 Å². The van der Waals surface area contributed by atoms with Crippen LogP contribution >= 0.6 is 11.6 Å². The predicted molar refractivity (Wildman–Crippen MR) is 57.5 cm³/mol. The van der Waals surface area contributed by atoms with E-state index in [0.717, 1.165) is 5.56 Å². The maximum Gasteiger partial charge on any atom is 0.358 e. The summed E-state index contributed by atoms with van der Waals surface area (Å²) in [5.74, 6) is -1.08. The highest BCUT2D eigenvalue weighted by Gasteiger charge is 2.07. The molecule has 0 spiro atoms. The fourth-order valence-corrected chi connectivity index (χ4v) is 1.35. The average molecular weight is 238 g/mol. The minimum absolute atomic E-state index is 0.0611. The van der Waals surface area contributed by atoms with E-state index in [4.69, 9.17) is 16.7 Å². The Morgan fingerprint density at radius 1 is 1.38 bits per heavy atom. The fourth-order valence-electron chi connectivity index (χ4n) is 1.22. The van der Waals surface area contributed by atoms with Crippen molar-refractivity contribution in [3.8, 4) is 0 Å². The Hall–Kier alpha value is -1.88. The van der Waals surface area contributed by atoms with Gasteiger partial charge >= 0.3 is 5.97 Å². The van der Waals surface area contributed by atoms with Crippen LogP contribution in [0.5, 0.6) is 0 Å². The molecule has 0 saturated carbocycles. The Bertz CT molecular complexity index is 507. The number of hydrogen-bond acceptors (Lipinski definition) is 3. The molecule has 0 fully saturated rings. The lowest BCUT2D eigenvalue weighted by molar-refractivity contribution is 0.0689. The van der Waals surface area contributed by atoms with Gasteiger partial charge in [0.1, 0.15) is 0 Å². The number of carbonyl (C=O) groups is 1. The number of aromatic carboxylic acids is 1. The molecule has 0 aliphatic carbocycles. The number of rotatable bonds is 3. The zero-order valence-corrected chi connectivity index (χ0v) is 8.92. The first-order valence-corrected chi connectivity index (χ1v) is 4.91. The molecule has 0 aliphatic rings. The van der Waals surface area contributed by atoms with Crippen LogP contribution in [0.4, 0.5) is 0 Å². The molecule has 1 aromatic carbocycles. The summed E-state index contributed by atoms with van der Waals surface area (Å²) in [6, 6.07) is 7.20. The van der Waals surface area contributed by atoms with Gasteiger partial charge in [0.2, 0.25) is 0 Å². The van der Waals surface area contributed by atoms with Crippen molar-refractivity contribution >= 4 is 17.6 Å². The Morgan fingerprint density at radius 3 is 2.62 bits per heavy atom. The molecule has 6 heteroatoms. The Labute approximate surface area is 96.3 Å². The van der Waals surface area contributed by atoms with E-state index in [1.165, 1.54) is 11.0 Å². The third kappa shape index (κ3) is 2.38. The van der Waals surface area contributed by atoms with E-state index in [0.29, 0.717) is 11.6 Å². The molecule has 0 atom stereocenters. The van der Waals surface area contributed by atoms with Crippen LogP contribution in [0.1, 0.15) is 16.1 Å². The number of carboxylic acids is 1. The summed E-state index contributed by atoms with van der Waals surface area (Å²) in [4.78, 5) is 11.9. The van der Waals surface area contributed by atoms with Crippen LogP contribution in [-0.4, -0.2) is 26.1 Å². The third-order valence-corrected chi connectivity index (χ3v) is 2.24. The number of nitrogens with zero attached hydrogens (tertiary/aromatic N) is 3. The van der Waals surface area contributed by atoms with Crippen LogP contribution in [-0.2, 0) is 6.54 Å². The molecule has 0 radical (unpaired) electrons. The van der Waals surface area contributed by atoms with Crippen molar-refractivity contribution in [3.63, 3.8) is 0 Å². The largest absolute Gasteiger partial charge is 0.476 e. The van der Waals surface area contributed by atoms with Crippen LogP contribution in [0.3, 0.4) is 0 Å². The summed E-state index contributed by atoms with van der Waals surface area (Å²) in [7, 11) is 0. The molecule has 2 aromatic rings. The lowest BCUT2D eigenvalue weighted by atomic mass is 10.2. The first kappa shape index (κ1) is 10.6. The van der Waals surface area contributed by atoms with E-state index in [2.05, 4.69) is 10.2 Å². The van der Waals surface area contributed by atoms with Gasteiger partial charge < -0.3 is 5.11 Å². The van der Waals surface area contributed by atoms with Gasteiger partial charge in [0.05, 0.1) is 12.7 Å². The number of hydrogen-bond donors (Lipinski definition) is 1. The SMILES string of the molecule is O=C(O)c1cnn(Cc2ccc(Cl)cc2)n1. The minimum Gasteiger partial charge on any atom is -0.476 e. The van der Waals surface area contributed by atoms with Crippen molar-refractivity contribution in [1.82, 2.24) is 15.0 Å². The monoisotopic (exact) mass is 237 g/mol. The molecule has 1 N–H and O–H groups in total. The van der Waals surface area contributed by atoms with Gasteiger partial charge in [-0.05, 0) is 17.7 Å². The van der Waals surface area contributed by atoms with Gasteiger partial charge in [0.15, 0.2) is 5.69 Å². The van der Waals surface area contributed by atoms with Crippen molar-refractivity contribution in [1.29, 1.82) is 0 Å². The highest BCUT2D eigenvalue weighted by molar-refractivity contribution is 6.30. The second-order valence-corrected chi connectivity index (χ2v) is 3.63. The van der Waals surface area contributed by atoms with Crippen molar-refractivity contribution < 1.29 is 9.90 Å². The quantitative estimate of drug-likeness (QED) is 0.882. The summed E-state index contributed by atoms with van der Waals surface area (Å²) in [6.45, 7) is 0.421. The maximum atomic E-state index is 10.6. The van der Waals surface area contributed by atoms with E-state index < -0.39 is 5.97 Å². The molecule has 0 aliphatic heterocycles. The smallest absolute Gasteiger partial charge is 0.358 e. The zero-order chi connectivity index (χ0) is 11.5. The zero-order valence-electron chi connectivity index (χ0n) is 8.17. The molecule has 5 nitrogen and oxygen atoms in total. The van der Waals surface area contributed by atoms with Crippen LogP contribution in [0.15, 0.2) is 30.5 Å². The standard InChI is InChI=1S/C10H8ClN3O2/c11-8-3-1-7(2-4-8)6-14-12-5-9(13-14)10(15)16/h1-5H,6H2,(H,15,16). The summed E-state index contributed by atoms with van der Waals surface area (Å²) >= 11 is 5.74. The Kier molecular flexibility index (Phi) is 2.87. The molecule has 82 valence electrons. The molecule has 1 heterocycles. The van der Waals surface area contributed by atoms with Gasteiger partial charge in [0.25, 0.3) is 0 Å². The second-order valence-electron chi connectivity index (χ2n) is 3.19. The molecule has 0 bridgehead atoms. The van der Waals surface area contributed by atoms with Gasteiger partial charge in [0, 0.05) is 5.02 Å². The van der Waals surface area contributed by atoms with Gasteiger partial charge in [-0.3, -0.25) is 0 Å². The van der Waals surface area contributed by atoms with E-state index in [1.54, 1.807) is 12.1 Å². The molecule has 0 unspecified atom stereocenters. The number of aromatic nitrogens is 3. The average Bonchev–Trinajstić information content (AvgIpc) is 2.70. The Balaban J connectivity index is 2.14. The highest BCUT2D eigenvalue weighted by atomic mass is 35.5. The van der Waals surface area contributed by atoms with Crippen LogP contribution in [0.2, 0.25) is 5.02 Å². The van der Waals surface area contributed by atoms with E-state index in [1.807, 2.05) is 12.1 Å². The maximum absolute atomic E-state index is 10.6. The number of carboxylic acid groups (broad SMARTS) is 1. The van der Waals surface area contributed by atoms with E-state index >= 15 is 0 Å². The highest BCUT2D eigenvalue weighted by Crippen LogP contribution is 2.10. The molecule has 1 aromatic heterocycles. The summed E-state index contributed by atoms with van der Waals surface area (Å²) in [5, 5.41) is 17.0. The lowest BCUT2D eigenvalue weighted by Gasteiger charge is -1.99. The number of benzene rings is 1.